The number of hydrogen-bond acceptors (Lipinski definition) is 1. The summed E-state index contributed by atoms with van der Waals surface area (Å²) in [5, 5.41) is 0. The summed E-state index contributed by atoms with van der Waals surface area (Å²) in [4.78, 5) is 7.26. The van der Waals surface area contributed by atoms with E-state index in [1.165, 1.54) is 0 Å². The average molecular weight is 285 g/mol. The third-order valence-corrected chi connectivity index (χ3v) is 7.93. The number of benzene rings is 1. The van der Waals surface area contributed by atoms with E-state index in [-0.39, 0.29) is 0 Å². The van der Waals surface area contributed by atoms with E-state index in [0.717, 1.165) is 12.4 Å². The third-order valence-electron chi connectivity index (χ3n) is 2.03. The summed E-state index contributed by atoms with van der Waals surface area (Å²) in [5.41, 5.74) is 0. The van der Waals surface area contributed by atoms with Crippen molar-refractivity contribution in [3.05, 3.63) is 24.3 Å². The molecule has 0 amide bonds. The fourth-order valence-electron chi connectivity index (χ4n) is 1.22. The molecular formula is C11H18OSn. The van der Waals surface area contributed by atoms with Crippen LogP contribution >= 0.6 is 0 Å². The zero-order valence-corrected chi connectivity index (χ0v) is 11.8. The van der Waals surface area contributed by atoms with Crippen LogP contribution in [0.2, 0.25) is 14.8 Å². The second-order valence-corrected chi connectivity index (χ2v) is 18.7. The molecule has 1 nitrogen and oxygen atoms in total. The van der Waals surface area contributed by atoms with Gasteiger partial charge in [0.05, 0.1) is 0 Å². The summed E-state index contributed by atoms with van der Waals surface area (Å²) < 4.78 is 6.95. The number of ether oxygens (including phenoxy) is 1. The number of hydrogen-bond donors (Lipinski definition) is 0. The summed E-state index contributed by atoms with van der Waals surface area (Å²) in [5.74, 6) is 0.988. The molecule has 0 atom stereocenters. The van der Waals surface area contributed by atoms with Crippen molar-refractivity contribution in [1.82, 2.24) is 0 Å². The van der Waals surface area contributed by atoms with E-state index >= 15 is 0 Å². The van der Waals surface area contributed by atoms with Gasteiger partial charge >= 0.3 is 85.1 Å². The van der Waals surface area contributed by atoms with Crippen LogP contribution in [0, 0.1) is 0 Å². The zero-order chi connectivity index (χ0) is 9.90. The molecule has 0 bridgehead atoms. The van der Waals surface area contributed by atoms with Gasteiger partial charge in [0, 0.05) is 0 Å². The maximum absolute atomic E-state index is 5.40. The van der Waals surface area contributed by atoms with E-state index in [4.69, 9.17) is 4.74 Å². The molecular weight excluding hydrogens is 267 g/mol. The summed E-state index contributed by atoms with van der Waals surface area (Å²) >= 11 is -1.83. The Bertz CT molecular complexity index is 258. The molecule has 0 fully saturated rings. The van der Waals surface area contributed by atoms with Crippen LogP contribution in [0.4, 0.5) is 0 Å². The molecule has 1 aromatic carbocycles. The Labute approximate surface area is 85.0 Å². The normalized spacial score (nSPS) is 11.4. The topological polar surface area (TPSA) is 9.23 Å². The molecule has 0 unspecified atom stereocenters. The van der Waals surface area contributed by atoms with Gasteiger partial charge < -0.3 is 0 Å². The first kappa shape index (κ1) is 10.9. The summed E-state index contributed by atoms with van der Waals surface area (Å²) in [7, 11) is 0. The molecule has 1 aromatic rings. The van der Waals surface area contributed by atoms with Gasteiger partial charge in [-0.15, -0.1) is 0 Å². The van der Waals surface area contributed by atoms with Crippen molar-refractivity contribution < 1.29 is 4.74 Å². The van der Waals surface area contributed by atoms with Crippen molar-refractivity contribution in [2.75, 3.05) is 6.61 Å². The van der Waals surface area contributed by atoms with Crippen LogP contribution in [0.3, 0.4) is 0 Å². The molecule has 2 heteroatoms. The van der Waals surface area contributed by atoms with Crippen LogP contribution in [0.1, 0.15) is 6.92 Å². The molecule has 0 saturated carbocycles. The van der Waals surface area contributed by atoms with Crippen LogP contribution in [0.25, 0.3) is 0 Å². The SMILES string of the molecule is CCOc1cc[c]([Sn]([CH3])([CH3])[CH3])cc1. The van der Waals surface area contributed by atoms with Crippen molar-refractivity contribution in [2.45, 2.75) is 21.7 Å². The van der Waals surface area contributed by atoms with Crippen molar-refractivity contribution in [1.29, 1.82) is 0 Å². The van der Waals surface area contributed by atoms with Gasteiger partial charge in [0.25, 0.3) is 0 Å². The minimum atomic E-state index is -1.83. The van der Waals surface area contributed by atoms with Crippen LogP contribution < -0.4 is 8.32 Å². The van der Waals surface area contributed by atoms with Gasteiger partial charge in [0.1, 0.15) is 0 Å². The van der Waals surface area contributed by atoms with Gasteiger partial charge in [-0.1, -0.05) is 0 Å². The molecule has 0 saturated heterocycles. The van der Waals surface area contributed by atoms with E-state index in [2.05, 4.69) is 39.1 Å². The summed E-state index contributed by atoms with van der Waals surface area (Å²) in [6.45, 7) is 2.76. The van der Waals surface area contributed by atoms with Crippen LogP contribution in [0.5, 0.6) is 5.75 Å². The predicted octanol–water partition coefficient (Wildman–Crippen LogP) is 2.63. The number of rotatable bonds is 3. The van der Waals surface area contributed by atoms with Crippen LogP contribution in [-0.2, 0) is 0 Å². The first-order valence-electron chi connectivity index (χ1n) is 4.77. The Morgan fingerprint density at radius 2 is 1.62 bits per heavy atom. The first-order chi connectivity index (χ1) is 6.04. The van der Waals surface area contributed by atoms with Crippen molar-refractivity contribution >= 4 is 22.0 Å². The van der Waals surface area contributed by atoms with Crippen LogP contribution in [-0.4, -0.2) is 25.0 Å². The van der Waals surface area contributed by atoms with Gasteiger partial charge in [0.2, 0.25) is 0 Å². The molecule has 1 rings (SSSR count). The molecule has 72 valence electrons. The van der Waals surface area contributed by atoms with Gasteiger partial charge in [0.15, 0.2) is 0 Å². The molecule has 0 heterocycles. The monoisotopic (exact) mass is 286 g/mol. The summed E-state index contributed by atoms with van der Waals surface area (Å²) in [6, 6.07) is 8.62. The molecule has 0 spiro atoms. The van der Waals surface area contributed by atoms with Crippen LogP contribution in [0.15, 0.2) is 24.3 Å². The summed E-state index contributed by atoms with van der Waals surface area (Å²) in [6.07, 6.45) is 0. The van der Waals surface area contributed by atoms with Crippen molar-refractivity contribution in [3.63, 3.8) is 0 Å². The van der Waals surface area contributed by atoms with Crippen molar-refractivity contribution in [2.24, 2.45) is 0 Å². The molecule has 0 aliphatic carbocycles. The second-order valence-electron chi connectivity index (χ2n) is 4.21. The van der Waals surface area contributed by atoms with Crippen molar-refractivity contribution in [3.8, 4) is 5.75 Å². The van der Waals surface area contributed by atoms with E-state index in [1.807, 2.05) is 6.92 Å². The maximum atomic E-state index is 5.40. The predicted molar refractivity (Wildman–Crippen MR) is 60.6 cm³/mol. The standard InChI is InChI=1S/C8H9O.3CH3.Sn/c1-2-9-8-6-4-3-5-7-8;;;;/h4-7H,2H2,1H3;3*1H3;. The zero-order valence-electron chi connectivity index (χ0n) is 8.92. The fraction of sp³-hybridized carbons (Fsp3) is 0.455. The molecule has 0 N–H and O–H groups in total. The first-order valence-corrected chi connectivity index (χ1v) is 14.8. The quantitative estimate of drug-likeness (QED) is 0.776. The van der Waals surface area contributed by atoms with E-state index < -0.39 is 18.4 Å². The molecule has 0 aromatic heterocycles. The third kappa shape index (κ3) is 3.22. The Morgan fingerprint density at radius 3 is 2.00 bits per heavy atom. The molecule has 13 heavy (non-hydrogen) atoms. The van der Waals surface area contributed by atoms with E-state index in [1.54, 1.807) is 3.58 Å². The van der Waals surface area contributed by atoms with Gasteiger partial charge in [-0.05, 0) is 0 Å². The Morgan fingerprint density at radius 1 is 1.08 bits per heavy atom. The molecule has 0 radical (unpaired) electrons. The van der Waals surface area contributed by atoms with E-state index in [0.29, 0.717) is 0 Å². The minimum absolute atomic E-state index is 0.748. The van der Waals surface area contributed by atoms with Gasteiger partial charge in [-0.2, -0.15) is 0 Å². The Hall–Kier alpha value is -0.181. The Balaban J connectivity index is 2.81. The fourth-order valence-corrected chi connectivity index (χ4v) is 4.55. The Kier molecular flexibility index (Phi) is 3.65. The second kappa shape index (κ2) is 4.36. The average Bonchev–Trinajstić information content (AvgIpc) is 2.04. The van der Waals surface area contributed by atoms with Gasteiger partial charge in [-0.3, -0.25) is 0 Å². The van der Waals surface area contributed by atoms with Gasteiger partial charge in [-0.25, -0.2) is 0 Å². The molecule has 0 aliphatic rings. The van der Waals surface area contributed by atoms with E-state index in [9.17, 15) is 0 Å². The molecule has 0 aliphatic heterocycles.